The summed E-state index contributed by atoms with van der Waals surface area (Å²) in [5.41, 5.74) is -0.0684. The number of hydrogen-bond acceptors (Lipinski definition) is 4. The lowest BCUT2D eigenvalue weighted by Crippen LogP contribution is -1.95. The molecule has 14 heavy (non-hydrogen) atoms. The zero-order valence-corrected chi connectivity index (χ0v) is 8.52. The number of halogens is 1. The molecule has 0 spiro atoms. The second kappa shape index (κ2) is 4.58. The maximum atomic E-state index is 10.4. The fraction of sp³-hybridized carbons (Fsp3) is 0.125. The van der Waals surface area contributed by atoms with Crippen LogP contribution in [-0.2, 0) is 0 Å². The zero-order chi connectivity index (χ0) is 10.6. The fourth-order valence-electron chi connectivity index (χ4n) is 0.826. The van der Waals surface area contributed by atoms with Crippen molar-refractivity contribution in [1.82, 2.24) is 0 Å². The Morgan fingerprint density at radius 1 is 1.64 bits per heavy atom. The summed E-state index contributed by atoms with van der Waals surface area (Å²) < 4.78 is 5.55. The van der Waals surface area contributed by atoms with E-state index in [1.165, 1.54) is 18.2 Å². The van der Waals surface area contributed by atoms with Crippen LogP contribution in [0.3, 0.4) is 0 Å². The summed E-state index contributed by atoms with van der Waals surface area (Å²) in [7, 11) is 0. The molecule has 0 N–H and O–H groups in total. The van der Waals surface area contributed by atoms with E-state index in [4.69, 9.17) is 10.00 Å². The van der Waals surface area contributed by atoms with Gasteiger partial charge in [0.05, 0.1) is 15.5 Å². The normalized spacial score (nSPS) is 9.14. The SMILES string of the molecule is N#CCOc1cc([N+](=O)[O-])ccc1Br. The van der Waals surface area contributed by atoms with Gasteiger partial charge in [0, 0.05) is 6.07 Å². The average molecular weight is 257 g/mol. The van der Waals surface area contributed by atoms with Gasteiger partial charge >= 0.3 is 0 Å². The van der Waals surface area contributed by atoms with Crippen LogP contribution in [0.15, 0.2) is 22.7 Å². The molecular weight excluding hydrogens is 252 g/mol. The molecule has 0 amide bonds. The molecule has 0 aliphatic rings. The van der Waals surface area contributed by atoms with Crippen molar-refractivity contribution in [1.29, 1.82) is 5.26 Å². The lowest BCUT2D eigenvalue weighted by atomic mass is 10.3. The first-order chi connectivity index (χ1) is 6.65. The Labute approximate surface area is 88.2 Å². The first kappa shape index (κ1) is 10.5. The van der Waals surface area contributed by atoms with Crippen LogP contribution < -0.4 is 4.74 Å². The lowest BCUT2D eigenvalue weighted by molar-refractivity contribution is -0.384. The van der Waals surface area contributed by atoms with Gasteiger partial charge in [-0.25, -0.2) is 0 Å². The van der Waals surface area contributed by atoms with E-state index >= 15 is 0 Å². The first-order valence-corrected chi connectivity index (χ1v) is 4.38. The van der Waals surface area contributed by atoms with Gasteiger partial charge in [0.15, 0.2) is 6.61 Å². The van der Waals surface area contributed by atoms with Gasteiger partial charge in [0.25, 0.3) is 5.69 Å². The van der Waals surface area contributed by atoms with E-state index in [1.807, 2.05) is 0 Å². The summed E-state index contributed by atoms with van der Waals surface area (Å²) >= 11 is 3.15. The number of benzene rings is 1. The van der Waals surface area contributed by atoms with Gasteiger partial charge in [0.1, 0.15) is 11.8 Å². The van der Waals surface area contributed by atoms with Gasteiger partial charge in [-0.2, -0.15) is 5.26 Å². The molecule has 0 fully saturated rings. The molecule has 0 saturated heterocycles. The summed E-state index contributed by atoms with van der Waals surface area (Å²) in [5, 5.41) is 18.7. The third kappa shape index (κ3) is 2.44. The highest BCUT2D eigenvalue weighted by Gasteiger charge is 2.09. The third-order valence-corrected chi connectivity index (χ3v) is 2.07. The molecule has 0 bridgehead atoms. The summed E-state index contributed by atoms with van der Waals surface area (Å²) in [6, 6.07) is 5.90. The Morgan fingerprint density at radius 3 is 2.93 bits per heavy atom. The van der Waals surface area contributed by atoms with Gasteiger partial charge in [-0.3, -0.25) is 10.1 Å². The molecule has 0 unspecified atom stereocenters. The van der Waals surface area contributed by atoms with Crippen molar-refractivity contribution in [3.63, 3.8) is 0 Å². The zero-order valence-electron chi connectivity index (χ0n) is 6.94. The van der Waals surface area contributed by atoms with E-state index in [0.717, 1.165) is 0 Å². The van der Waals surface area contributed by atoms with Crippen LogP contribution in [0.2, 0.25) is 0 Å². The number of hydrogen-bond donors (Lipinski definition) is 0. The van der Waals surface area contributed by atoms with Crippen molar-refractivity contribution in [2.45, 2.75) is 0 Å². The number of nitro benzene ring substituents is 1. The van der Waals surface area contributed by atoms with Crippen LogP contribution in [0, 0.1) is 21.4 Å². The summed E-state index contributed by atoms with van der Waals surface area (Å²) in [5.74, 6) is 0.292. The van der Waals surface area contributed by atoms with E-state index in [0.29, 0.717) is 10.2 Å². The Morgan fingerprint density at radius 2 is 2.36 bits per heavy atom. The van der Waals surface area contributed by atoms with Gasteiger partial charge < -0.3 is 4.74 Å². The maximum absolute atomic E-state index is 10.4. The molecule has 0 saturated carbocycles. The van der Waals surface area contributed by atoms with Gasteiger partial charge in [0.2, 0.25) is 0 Å². The topological polar surface area (TPSA) is 76.2 Å². The van der Waals surface area contributed by atoms with Crippen LogP contribution in [-0.4, -0.2) is 11.5 Å². The summed E-state index contributed by atoms with van der Waals surface area (Å²) in [4.78, 5) is 9.89. The fourth-order valence-corrected chi connectivity index (χ4v) is 1.19. The first-order valence-electron chi connectivity index (χ1n) is 3.59. The average Bonchev–Trinajstić information content (AvgIpc) is 2.16. The Balaban J connectivity index is 2.97. The Kier molecular flexibility index (Phi) is 3.42. The second-order valence-corrected chi connectivity index (χ2v) is 3.17. The molecule has 0 aliphatic carbocycles. The maximum Gasteiger partial charge on any atom is 0.273 e. The molecule has 0 heterocycles. The molecule has 1 aromatic carbocycles. The number of ether oxygens (including phenoxy) is 1. The molecule has 0 aromatic heterocycles. The molecule has 0 aliphatic heterocycles. The molecule has 1 aromatic rings. The molecular formula is C8H5BrN2O3. The summed E-state index contributed by atoms with van der Waals surface area (Å²) in [6.07, 6.45) is 0. The van der Waals surface area contributed by atoms with E-state index < -0.39 is 4.92 Å². The monoisotopic (exact) mass is 256 g/mol. The highest BCUT2D eigenvalue weighted by molar-refractivity contribution is 9.10. The predicted octanol–water partition coefficient (Wildman–Crippen LogP) is 2.26. The van der Waals surface area contributed by atoms with E-state index in [1.54, 1.807) is 6.07 Å². The van der Waals surface area contributed by atoms with Crippen LogP contribution >= 0.6 is 15.9 Å². The number of rotatable bonds is 3. The smallest absolute Gasteiger partial charge is 0.273 e. The van der Waals surface area contributed by atoms with E-state index in [2.05, 4.69) is 15.9 Å². The van der Waals surface area contributed by atoms with Crippen molar-refractivity contribution < 1.29 is 9.66 Å². The minimum Gasteiger partial charge on any atom is -0.477 e. The molecule has 0 radical (unpaired) electrons. The van der Waals surface area contributed by atoms with Crippen molar-refractivity contribution in [2.24, 2.45) is 0 Å². The van der Waals surface area contributed by atoms with Gasteiger partial charge in [-0.05, 0) is 22.0 Å². The largest absolute Gasteiger partial charge is 0.477 e. The Bertz CT molecular complexity index is 400. The Hall–Kier alpha value is -1.61. The number of nitriles is 1. The quantitative estimate of drug-likeness (QED) is 0.614. The second-order valence-electron chi connectivity index (χ2n) is 2.32. The molecule has 72 valence electrons. The van der Waals surface area contributed by atoms with Crippen LogP contribution in [0.5, 0.6) is 5.75 Å². The van der Waals surface area contributed by atoms with Gasteiger partial charge in [-0.15, -0.1) is 0 Å². The molecule has 5 nitrogen and oxygen atoms in total. The van der Waals surface area contributed by atoms with Crippen molar-refractivity contribution in [2.75, 3.05) is 6.61 Å². The lowest BCUT2D eigenvalue weighted by Gasteiger charge is -2.03. The van der Waals surface area contributed by atoms with Crippen molar-refractivity contribution in [3.05, 3.63) is 32.8 Å². The van der Waals surface area contributed by atoms with Crippen molar-refractivity contribution >= 4 is 21.6 Å². The van der Waals surface area contributed by atoms with Crippen LogP contribution in [0.25, 0.3) is 0 Å². The molecule has 1 rings (SSSR count). The highest BCUT2D eigenvalue weighted by atomic mass is 79.9. The summed E-state index contributed by atoms with van der Waals surface area (Å²) in [6.45, 7) is -0.139. The minimum atomic E-state index is -0.522. The van der Waals surface area contributed by atoms with Crippen LogP contribution in [0.1, 0.15) is 0 Å². The van der Waals surface area contributed by atoms with Crippen LogP contribution in [0.4, 0.5) is 5.69 Å². The highest BCUT2D eigenvalue weighted by Crippen LogP contribution is 2.28. The molecule has 0 atom stereocenters. The van der Waals surface area contributed by atoms with Crippen molar-refractivity contribution in [3.8, 4) is 11.8 Å². The molecule has 6 heteroatoms. The van der Waals surface area contributed by atoms with E-state index in [9.17, 15) is 10.1 Å². The third-order valence-electron chi connectivity index (χ3n) is 1.42. The van der Waals surface area contributed by atoms with Gasteiger partial charge in [-0.1, -0.05) is 0 Å². The minimum absolute atomic E-state index is 0.0684. The number of non-ortho nitro benzene ring substituents is 1. The van der Waals surface area contributed by atoms with E-state index in [-0.39, 0.29) is 12.3 Å². The standard InChI is InChI=1S/C8H5BrN2O3/c9-7-2-1-6(11(12)13)5-8(7)14-4-3-10/h1-2,5H,4H2. The number of nitro groups is 1. The predicted molar refractivity (Wildman–Crippen MR) is 51.9 cm³/mol. The number of nitrogens with zero attached hydrogens (tertiary/aromatic N) is 2.